The van der Waals surface area contributed by atoms with E-state index in [2.05, 4.69) is 0 Å². The van der Waals surface area contributed by atoms with E-state index in [1.807, 2.05) is 46.2 Å². The molecule has 7 heteroatoms. The standard InChI is InChI=1S/C27H36N2O5/c1-32-24-11-10-23(18-26(24)34-16-3-5-20-6-7-20)29-14-4-13-28(27(29)31)19-22-9-8-21(12-15-30)17-25(22)33-2/h8-11,17-18,20,30H,3-7,12-16,19H2,1-2H3. The quantitative estimate of drug-likeness (QED) is 0.460. The van der Waals surface area contributed by atoms with E-state index in [1.165, 1.54) is 19.3 Å². The third-order valence-corrected chi connectivity index (χ3v) is 6.59. The van der Waals surface area contributed by atoms with Crippen molar-refractivity contribution in [1.82, 2.24) is 4.90 Å². The number of anilines is 1. The molecule has 1 aliphatic carbocycles. The number of amides is 2. The fourth-order valence-corrected chi connectivity index (χ4v) is 4.48. The molecule has 0 aromatic heterocycles. The van der Waals surface area contributed by atoms with Crippen molar-refractivity contribution < 1.29 is 24.1 Å². The SMILES string of the molecule is COc1cc(CCO)ccc1CN1CCCN(c2ccc(OC)c(OCCCC3CC3)c2)C1=O. The van der Waals surface area contributed by atoms with E-state index in [0.717, 1.165) is 41.3 Å². The van der Waals surface area contributed by atoms with E-state index in [-0.39, 0.29) is 12.6 Å². The highest BCUT2D eigenvalue weighted by Crippen LogP contribution is 2.35. The second kappa shape index (κ2) is 11.5. The molecule has 1 aliphatic heterocycles. The van der Waals surface area contributed by atoms with Crippen LogP contribution in [0.15, 0.2) is 36.4 Å². The molecule has 2 aromatic rings. The Kier molecular flexibility index (Phi) is 8.16. The Morgan fingerprint density at radius 3 is 2.56 bits per heavy atom. The van der Waals surface area contributed by atoms with Crippen molar-refractivity contribution in [2.45, 2.75) is 45.1 Å². The van der Waals surface area contributed by atoms with Gasteiger partial charge in [0.25, 0.3) is 0 Å². The Balaban J connectivity index is 1.45. The van der Waals surface area contributed by atoms with E-state index in [1.54, 1.807) is 14.2 Å². The van der Waals surface area contributed by atoms with Gasteiger partial charge in [-0.05, 0) is 55.4 Å². The van der Waals surface area contributed by atoms with Crippen LogP contribution in [-0.4, -0.2) is 56.6 Å². The summed E-state index contributed by atoms with van der Waals surface area (Å²) in [4.78, 5) is 17.1. The first-order valence-electron chi connectivity index (χ1n) is 12.3. The molecule has 1 saturated heterocycles. The molecule has 1 N–H and O–H groups in total. The topological polar surface area (TPSA) is 71.5 Å². The first-order chi connectivity index (χ1) is 16.6. The maximum atomic E-state index is 13.4. The summed E-state index contributed by atoms with van der Waals surface area (Å²) in [5.41, 5.74) is 2.78. The normalized spacial score (nSPS) is 16.0. The number of ether oxygens (including phenoxy) is 3. The summed E-state index contributed by atoms with van der Waals surface area (Å²) in [7, 11) is 3.27. The molecule has 2 aromatic carbocycles. The molecule has 0 radical (unpaired) electrons. The maximum absolute atomic E-state index is 13.4. The van der Waals surface area contributed by atoms with Gasteiger partial charge in [0.2, 0.25) is 0 Å². The zero-order valence-corrected chi connectivity index (χ0v) is 20.3. The number of benzene rings is 2. The molecule has 0 spiro atoms. The smallest absolute Gasteiger partial charge is 0.324 e. The molecule has 4 rings (SSSR count). The zero-order valence-electron chi connectivity index (χ0n) is 20.3. The van der Waals surface area contributed by atoms with Crippen molar-refractivity contribution in [2.75, 3.05) is 45.4 Å². The van der Waals surface area contributed by atoms with Crippen LogP contribution in [0.2, 0.25) is 0 Å². The first-order valence-corrected chi connectivity index (χ1v) is 12.3. The third-order valence-electron chi connectivity index (χ3n) is 6.59. The van der Waals surface area contributed by atoms with Crippen molar-refractivity contribution in [1.29, 1.82) is 0 Å². The van der Waals surface area contributed by atoms with Gasteiger partial charge in [-0.15, -0.1) is 0 Å². The minimum Gasteiger partial charge on any atom is -0.496 e. The minimum absolute atomic E-state index is 0.0300. The molecule has 1 heterocycles. The fraction of sp³-hybridized carbons (Fsp3) is 0.519. The molecule has 2 amide bonds. The van der Waals surface area contributed by atoms with Crippen molar-refractivity contribution >= 4 is 11.7 Å². The number of aliphatic hydroxyl groups excluding tert-OH is 1. The Hall–Kier alpha value is -2.93. The van der Waals surface area contributed by atoms with E-state index in [9.17, 15) is 9.90 Å². The van der Waals surface area contributed by atoms with Gasteiger partial charge in [0.15, 0.2) is 11.5 Å². The van der Waals surface area contributed by atoms with E-state index < -0.39 is 0 Å². The molecule has 34 heavy (non-hydrogen) atoms. The van der Waals surface area contributed by atoms with Crippen LogP contribution in [0.25, 0.3) is 0 Å². The molecular formula is C27H36N2O5. The zero-order chi connectivity index (χ0) is 23.9. The lowest BCUT2D eigenvalue weighted by Gasteiger charge is -2.36. The molecule has 184 valence electrons. The van der Waals surface area contributed by atoms with Gasteiger partial charge < -0.3 is 24.2 Å². The molecule has 0 bridgehead atoms. The molecule has 1 saturated carbocycles. The number of urea groups is 1. The van der Waals surface area contributed by atoms with Crippen LogP contribution in [-0.2, 0) is 13.0 Å². The average molecular weight is 469 g/mol. The summed E-state index contributed by atoms with van der Waals surface area (Å²) in [6.45, 7) is 2.57. The molecule has 7 nitrogen and oxygen atoms in total. The van der Waals surface area contributed by atoms with E-state index in [0.29, 0.717) is 44.2 Å². The summed E-state index contributed by atoms with van der Waals surface area (Å²) in [6.07, 6.45) is 6.41. The summed E-state index contributed by atoms with van der Waals surface area (Å²) >= 11 is 0. The maximum Gasteiger partial charge on any atom is 0.324 e. The fourth-order valence-electron chi connectivity index (χ4n) is 4.48. The number of carbonyl (C=O) groups is 1. The number of hydrogen-bond donors (Lipinski definition) is 1. The number of nitrogens with zero attached hydrogens (tertiary/aromatic N) is 2. The van der Waals surface area contributed by atoms with Gasteiger partial charge in [0.05, 0.1) is 27.4 Å². The predicted octanol–water partition coefficient (Wildman–Crippen LogP) is 4.64. The molecule has 0 unspecified atom stereocenters. The van der Waals surface area contributed by atoms with Gasteiger partial charge in [-0.25, -0.2) is 4.79 Å². The van der Waals surface area contributed by atoms with E-state index >= 15 is 0 Å². The van der Waals surface area contributed by atoms with Crippen LogP contribution >= 0.6 is 0 Å². The third kappa shape index (κ3) is 5.95. The van der Waals surface area contributed by atoms with Gasteiger partial charge in [0.1, 0.15) is 5.75 Å². The monoisotopic (exact) mass is 468 g/mol. The van der Waals surface area contributed by atoms with Gasteiger partial charge in [0, 0.05) is 37.0 Å². The molecule has 2 fully saturated rings. The highest BCUT2D eigenvalue weighted by molar-refractivity contribution is 5.93. The first kappa shape index (κ1) is 24.2. The summed E-state index contributed by atoms with van der Waals surface area (Å²) < 4.78 is 17.1. The largest absolute Gasteiger partial charge is 0.496 e. The second-order valence-corrected chi connectivity index (χ2v) is 9.10. The number of aliphatic hydroxyl groups is 1. The Labute approximate surface area is 202 Å². The van der Waals surface area contributed by atoms with Crippen molar-refractivity contribution in [3.8, 4) is 17.2 Å². The van der Waals surface area contributed by atoms with Crippen LogP contribution < -0.4 is 19.1 Å². The van der Waals surface area contributed by atoms with Crippen LogP contribution in [0.5, 0.6) is 17.2 Å². The number of rotatable bonds is 12. The van der Waals surface area contributed by atoms with Crippen molar-refractivity contribution in [3.05, 3.63) is 47.5 Å². The minimum atomic E-state index is -0.0300. The van der Waals surface area contributed by atoms with E-state index in [4.69, 9.17) is 14.2 Å². The van der Waals surface area contributed by atoms with Crippen LogP contribution in [0.1, 0.15) is 43.2 Å². The summed E-state index contributed by atoms with van der Waals surface area (Å²) in [6, 6.07) is 11.6. The molecule has 2 aliphatic rings. The number of methoxy groups -OCH3 is 2. The Morgan fingerprint density at radius 1 is 1.00 bits per heavy atom. The van der Waals surface area contributed by atoms with Crippen LogP contribution in [0.4, 0.5) is 10.5 Å². The number of carbonyl (C=O) groups excluding carboxylic acids is 1. The van der Waals surface area contributed by atoms with Gasteiger partial charge in [-0.2, -0.15) is 0 Å². The average Bonchev–Trinajstić information content (AvgIpc) is 3.68. The molecule has 0 atom stereocenters. The van der Waals surface area contributed by atoms with Gasteiger partial charge in [-0.3, -0.25) is 4.90 Å². The van der Waals surface area contributed by atoms with Crippen LogP contribution in [0, 0.1) is 5.92 Å². The molecular weight excluding hydrogens is 432 g/mol. The highest BCUT2D eigenvalue weighted by atomic mass is 16.5. The van der Waals surface area contributed by atoms with Crippen molar-refractivity contribution in [3.63, 3.8) is 0 Å². The number of hydrogen-bond acceptors (Lipinski definition) is 5. The Bertz CT molecular complexity index is 975. The van der Waals surface area contributed by atoms with Crippen LogP contribution in [0.3, 0.4) is 0 Å². The highest BCUT2D eigenvalue weighted by Gasteiger charge is 2.28. The van der Waals surface area contributed by atoms with Gasteiger partial charge >= 0.3 is 6.03 Å². The summed E-state index contributed by atoms with van der Waals surface area (Å²) in [5.74, 6) is 2.99. The van der Waals surface area contributed by atoms with Crippen molar-refractivity contribution in [2.24, 2.45) is 5.92 Å². The lowest BCUT2D eigenvalue weighted by Crippen LogP contribution is -2.49. The second-order valence-electron chi connectivity index (χ2n) is 9.10. The lowest BCUT2D eigenvalue weighted by molar-refractivity contribution is 0.191. The van der Waals surface area contributed by atoms with Gasteiger partial charge in [-0.1, -0.05) is 25.0 Å². The lowest BCUT2D eigenvalue weighted by atomic mass is 10.1. The summed E-state index contributed by atoms with van der Waals surface area (Å²) in [5, 5.41) is 9.21. The predicted molar refractivity (Wildman–Crippen MR) is 132 cm³/mol. The Morgan fingerprint density at radius 2 is 1.82 bits per heavy atom.